The summed E-state index contributed by atoms with van der Waals surface area (Å²) in [4.78, 5) is 9.12. The average molecular weight is 136 g/mol. The fourth-order valence-electron chi connectivity index (χ4n) is 0.476. The molecule has 0 spiro atoms. The molecule has 1 rings (SSSR count). The van der Waals surface area contributed by atoms with Gasteiger partial charge in [0.1, 0.15) is 12.5 Å². The minimum atomic E-state index is 1.46. The number of allylic oxidation sites excluding steroid dienone is 6. The smallest absolute Gasteiger partial charge is 0.142 e. The van der Waals surface area contributed by atoms with Crippen LogP contribution < -0.4 is 0 Å². The van der Waals surface area contributed by atoms with Gasteiger partial charge in [-0.2, -0.15) is 0 Å². The van der Waals surface area contributed by atoms with Crippen LogP contribution in [0.1, 0.15) is 0 Å². The van der Waals surface area contributed by atoms with Gasteiger partial charge < -0.3 is 0 Å². The van der Waals surface area contributed by atoms with Gasteiger partial charge >= 0.3 is 0 Å². The maximum Gasteiger partial charge on any atom is 0.142 e. The zero-order valence-corrected chi connectivity index (χ0v) is 5.44. The molecular formula is C8H8O2. The van der Waals surface area contributed by atoms with Crippen molar-refractivity contribution >= 4 is 0 Å². The lowest BCUT2D eigenvalue weighted by Crippen LogP contribution is -1.75. The molecule has 2 nitrogen and oxygen atoms in total. The zero-order valence-electron chi connectivity index (χ0n) is 5.44. The molecule has 0 aromatic rings. The third-order valence-corrected chi connectivity index (χ3v) is 0.879. The third kappa shape index (κ3) is 2.77. The van der Waals surface area contributed by atoms with E-state index in [9.17, 15) is 0 Å². The van der Waals surface area contributed by atoms with Crippen molar-refractivity contribution in [2.45, 2.75) is 0 Å². The molecule has 0 fully saturated rings. The SMILES string of the molecule is C1=C\C=C/OO/C=C\C=C/1. The highest BCUT2D eigenvalue weighted by Crippen LogP contribution is 1.88. The van der Waals surface area contributed by atoms with E-state index in [1.54, 1.807) is 12.2 Å². The first-order chi connectivity index (χ1) is 5.00. The van der Waals surface area contributed by atoms with Gasteiger partial charge in [-0.15, -0.1) is 0 Å². The Balaban J connectivity index is 2.53. The number of hydrogen-bond donors (Lipinski definition) is 0. The summed E-state index contributed by atoms with van der Waals surface area (Å²) in [6, 6.07) is 0. The molecule has 0 atom stereocenters. The largest absolute Gasteiger partial charge is 0.299 e. The summed E-state index contributed by atoms with van der Waals surface area (Å²) in [7, 11) is 0. The lowest BCUT2D eigenvalue weighted by atomic mass is 10.4. The quantitative estimate of drug-likeness (QED) is 0.475. The van der Waals surface area contributed by atoms with Gasteiger partial charge in [0.25, 0.3) is 0 Å². The Hall–Kier alpha value is -1.44. The number of hydrogen-bond acceptors (Lipinski definition) is 2. The summed E-state index contributed by atoms with van der Waals surface area (Å²) in [5, 5.41) is 0. The summed E-state index contributed by atoms with van der Waals surface area (Å²) >= 11 is 0. The van der Waals surface area contributed by atoms with Crippen LogP contribution in [0, 0.1) is 0 Å². The second-order valence-corrected chi connectivity index (χ2v) is 1.62. The molecule has 0 aliphatic carbocycles. The topological polar surface area (TPSA) is 18.5 Å². The standard InChI is InChI=1S/C8H8O2/c1-2-4-6-8-10-9-7-5-3-1/h1-8H/b3-1-,4-2-,7-5-,8-6-. The summed E-state index contributed by atoms with van der Waals surface area (Å²) in [5.41, 5.74) is 0. The van der Waals surface area contributed by atoms with E-state index in [-0.39, 0.29) is 0 Å². The molecule has 0 aromatic carbocycles. The van der Waals surface area contributed by atoms with Crippen molar-refractivity contribution in [1.82, 2.24) is 0 Å². The molecule has 0 saturated heterocycles. The van der Waals surface area contributed by atoms with Gasteiger partial charge in [0.15, 0.2) is 0 Å². The molecule has 0 bridgehead atoms. The summed E-state index contributed by atoms with van der Waals surface area (Å²) in [5.74, 6) is 0. The second kappa shape index (κ2) is 4.44. The maximum atomic E-state index is 4.56. The van der Waals surface area contributed by atoms with E-state index in [2.05, 4.69) is 9.78 Å². The maximum absolute atomic E-state index is 4.56. The summed E-state index contributed by atoms with van der Waals surface area (Å²) in [6.07, 6.45) is 13.9. The molecule has 0 aromatic heterocycles. The lowest BCUT2D eigenvalue weighted by Gasteiger charge is -1.92. The minimum Gasteiger partial charge on any atom is -0.299 e. The number of rotatable bonds is 0. The average Bonchev–Trinajstić information content (AvgIpc) is 2.01. The van der Waals surface area contributed by atoms with Crippen LogP contribution in [0.2, 0.25) is 0 Å². The Labute approximate surface area is 59.7 Å². The monoisotopic (exact) mass is 136 g/mol. The van der Waals surface area contributed by atoms with Crippen LogP contribution in [0.3, 0.4) is 0 Å². The third-order valence-electron chi connectivity index (χ3n) is 0.879. The lowest BCUT2D eigenvalue weighted by molar-refractivity contribution is -0.195. The predicted molar refractivity (Wildman–Crippen MR) is 38.7 cm³/mol. The Bertz CT molecular complexity index is 165. The van der Waals surface area contributed by atoms with Crippen LogP contribution in [0.4, 0.5) is 0 Å². The molecule has 10 heavy (non-hydrogen) atoms. The van der Waals surface area contributed by atoms with Gasteiger partial charge in [-0.25, -0.2) is 0 Å². The fraction of sp³-hybridized carbons (Fsp3) is 0. The van der Waals surface area contributed by atoms with Crippen LogP contribution in [-0.2, 0) is 9.78 Å². The first-order valence-electron chi connectivity index (χ1n) is 2.97. The molecule has 1 heterocycles. The second-order valence-electron chi connectivity index (χ2n) is 1.62. The van der Waals surface area contributed by atoms with Crippen molar-refractivity contribution in [3.05, 3.63) is 49.0 Å². The van der Waals surface area contributed by atoms with E-state index in [1.807, 2.05) is 24.3 Å². The molecular weight excluding hydrogens is 128 g/mol. The van der Waals surface area contributed by atoms with E-state index in [0.717, 1.165) is 0 Å². The summed E-state index contributed by atoms with van der Waals surface area (Å²) in [6.45, 7) is 0. The molecule has 2 heteroatoms. The molecule has 1 aliphatic heterocycles. The van der Waals surface area contributed by atoms with E-state index in [1.165, 1.54) is 12.5 Å². The molecule has 0 N–H and O–H groups in total. The molecule has 0 amide bonds. The predicted octanol–water partition coefficient (Wildman–Crippen LogP) is 2.09. The van der Waals surface area contributed by atoms with Gasteiger partial charge in [0, 0.05) is 0 Å². The Morgan fingerprint density at radius 3 is 1.40 bits per heavy atom. The molecule has 52 valence electrons. The van der Waals surface area contributed by atoms with Crippen LogP contribution in [-0.4, -0.2) is 0 Å². The molecule has 1 aliphatic rings. The van der Waals surface area contributed by atoms with Crippen LogP contribution in [0.5, 0.6) is 0 Å². The van der Waals surface area contributed by atoms with E-state index >= 15 is 0 Å². The highest BCUT2D eigenvalue weighted by molar-refractivity contribution is 5.14. The summed E-state index contributed by atoms with van der Waals surface area (Å²) < 4.78 is 0. The molecule has 0 unspecified atom stereocenters. The normalized spacial score (nSPS) is 28.8. The van der Waals surface area contributed by atoms with Gasteiger partial charge in [-0.1, -0.05) is 24.3 Å². The van der Waals surface area contributed by atoms with Crippen molar-refractivity contribution in [2.75, 3.05) is 0 Å². The Morgan fingerprint density at radius 2 is 0.900 bits per heavy atom. The van der Waals surface area contributed by atoms with Crippen molar-refractivity contribution in [3.63, 3.8) is 0 Å². The van der Waals surface area contributed by atoms with Gasteiger partial charge in [0.05, 0.1) is 0 Å². The Morgan fingerprint density at radius 1 is 0.500 bits per heavy atom. The van der Waals surface area contributed by atoms with E-state index < -0.39 is 0 Å². The Kier molecular flexibility index (Phi) is 2.96. The van der Waals surface area contributed by atoms with Crippen molar-refractivity contribution in [3.8, 4) is 0 Å². The van der Waals surface area contributed by atoms with E-state index in [0.29, 0.717) is 0 Å². The highest BCUT2D eigenvalue weighted by Gasteiger charge is 1.72. The zero-order chi connectivity index (χ0) is 7.07. The fourth-order valence-corrected chi connectivity index (χ4v) is 0.476. The van der Waals surface area contributed by atoms with Gasteiger partial charge in [-0.05, 0) is 12.2 Å². The van der Waals surface area contributed by atoms with Crippen molar-refractivity contribution in [2.24, 2.45) is 0 Å². The minimum absolute atomic E-state index is 1.46. The molecule has 0 saturated carbocycles. The van der Waals surface area contributed by atoms with E-state index in [4.69, 9.17) is 0 Å². The van der Waals surface area contributed by atoms with Crippen LogP contribution >= 0.6 is 0 Å². The first-order valence-corrected chi connectivity index (χ1v) is 2.97. The van der Waals surface area contributed by atoms with Gasteiger partial charge in [-0.3, -0.25) is 9.78 Å². The molecule has 0 radical (unpaired) electrons. The highest BCUT2D eigenvalue weighted by atomic mass is 17.2. The first kappa shape index (κ1) is 6.68. The van der Waals surface area contributed by atoms with Crippen molar-refractivity contribution in [1.29, 1.82) is 0 Å². The van der Waals surface area contributed by atoms with Crippen LogP contribution in [0.25, 0.3) is 0 Å². The van der Waals surface area contributed by atoms with Crippen molar-refractivity contribution < 1.29 is 9.78 Å². The van der Waals surface area contributed by atoms with Gasteiger partial charge in [0.2, 0.25) is 0 Å². The van der Waals surface area contributed by atoms with Crippen LogP contribution in [0.15, 0.2) is 49.0 Å².